The average Bonchev–Trinajstić information content (AvgIpc) is 2.69. The lowest BCUT2D eigenvalue weighted by molar-refractivity contribution is -0.116. The Morgan fingerprint density at radius 3 is 2.59 bits per heavy atom. The topological polar surface area (TPSA) is 71.1 Å². The number of anilines is 1. The molecule has 2 N–H and O–H groups in total. The van der Waals surface area contributed by atoms with Crippen molar-refractivity contribution in [1.29, 1.82) is 0 Å². The quantitative estimate of drug-likeness (QED) is 0.705. The fraction of sp³-hybridized carbons (Fsp3) is 0.261. The van der Waals surface area contributed by atoms with Gasteiger partial charge in [0.1, 0.15) is 5.82 Å². The monoisotopic (exact) mass is 451 g/mol. The van der Waals surface area contributed by atoms with Crippen molar-refractivity contribution in [2.24, 2.45) is 0 Å². The number of rotatable bonds is 3. The van der Waals surface area contributed by atoms with Gasteiger partial charge >= 0.3 is 0 Å². The van der Waals surface area contributed by atoms with Crippen molar-refractivity contribution in [3.8, 4) is 0 Å². The number of nitrogens with zero attached hydrogens (tertiary/aromatic N) is 1. The van der Waals surface area contributed by atoms with Crippen LogP contribution in [-0.4, -0.2) is 16.7 Å². The van der Waals surface area contributed by atoms with Gasteiger partial charge in [0.15, 0.2) is 5.78 Å². The van der Waals surface area contributed by atoms with E-state index in [-0.39, 0.29) is 11.7 Å². The summed E-state index contributed by atoms with van der Waals surface area (Å²) in [6.45, 7) is 3.84. The summed E-state index contributed by atoms with van der Waals surface area (Å²) in [4.78, 5) is 30.5. The number of ketones is 1. The molecule has 1 amide bonds. The molecule has 0 fully saturated rings. The molecule has 29 heavy (non-hydrogen) atoms. The lowest BCUT2D eigenvalue weighted by Crippen LogP contribution is -2.35. The molecule has 6 heteroatoms. The number of hydrogen-bond acceptors (Lipinski definition) is 4. The summed E-state index contributed by atoms with van der Waals surface area (Å²) < 4.78 is 0.954. The number of Topliss-reactive ketones (excluding diaryl/α,β-unsaturated/α-hetero) is 1. The molecule has 0 saturated carbocycles. The highest BCUT2D eigenvalue weighted by Crippen LogP contribution is 2.42. The summed E-state index contributed by atoms with van der Waals surface area (Å²) in [7, 11) is 0. The van der Waals surface area contributed by atoms with E-state index in [0.29, 0.717) is 23.4 Å². The zero-order valence-electron chi connectivity index (χ0n) is 16.4. The number of dihydropyridines is 1. The number of carbonyl (C=O) groups is 2. The Balaban J connectivity index is 1.77. The second-order valence-corrected chi connectivity index (χ2v) is 8.41. The Morgan fingerprint density at radius 1 is 1.14 bits per heavy atom. The fourth-order valence-electron chi connectivity index (χ4n) is 4.00. The standard InChI is InChI=1S/C23H22BrN3O2/c1-13-6-11-19(25-12-13)27-23(29)20-14(2)26-17-4-3-5-18(28)22(17)21(20)15-7-9-16(24)10-8-15/h6-12,21,26H,3-5H2,1-2H3,(H,25,27,29). The molecule has 1 aromatic heterocycles. The summed E-state index contributed by atoms with van der Waals surface area (Å²) in [5.74, 6) is -0.0371. The van der Waals surface area contributed by atoms with Crippen molar-refractivity contribution in [2.75, 3.05) is 5.32 Å². The molecule has 2 aromatic rings. The number of nitrogens with one attached hydrogen (secondary N) is 2. The molecular weight excluding hydrogens is 430 g/mol. The Morgan fingerprint density at radius 2 is 1.90 bits per heavy atom. The van der Waals surface area contributed by atoms with Gasteiger partial charge in [0, 0.05) is 45.5 Å². The van der Waals surface area contributed by atoms with E-state index in [1.54, 1.807) is 12.3 Å². The van der Waals surface area contributed by atoms with Crippen molar-refractivity contribution in [3.05, 3.63) is 80.7 Å². The first-order valence-corrected chi connectivity index (χ1v) is 10.5. The number of benzene rings is 1. The van der Waals surface area contributed by atoms with E-state index in [1.165, 1.54) is 0 Å². The van der Waals surface area contributed by atoms with Gasteiger partial charge < -0.3 is 10.6 Å². The molecule has 1 aromatic carbocycles. The first-order chi connectivity index (χ1) is 13.9. The molecule has 0 spiro atoms. The Hall–Kier alpha value is -2.73. The first kappa shape index (κ1) is 19.6. The molecule has 4 rings (SSSR count). The van der Waals surface area contributed by atoms with Crippen LogP contribution in [0.25, 0.3) is 0 Å². The van der Waals surface area contributed by atoms with Gasteiger partial charge in [0.2, 0.25) is 0 Å². The summed E-state index contributed by atoms with van der Waals surface area (Å²) in [5, 5.41) is 6.23. The summed E-state index contributed by atoms with van der Waals surface area (Å²) in [6.07, 6.45) is 3.88. The smallest absolute Gasteiger partial charge is 0.255 e. The Bertz CT molecular complexity index is 1040. The largest absolute Gasteiger partial charge is 0.362 e. The van der Waals surface area contributed by atoms with Gasteiger partial charge in [-0.15, -0.1) is 0 Å². The molecule has 1 aliphatic heterocycles. The van der Waals surface area contributed by atoms with Gasteiger partial charge in [-0.2, -0.15) is 0 Å². The van der Waals surface area contributed by atoms with Crippen LogP contribution in [0.1, 0.15) is 43.2 Å². The minimum Gasteiger partial charge on any atom is -0.362 e. The van der Waals surface area contributed by atoms with E-state index >= 15 is 0 Å². The van der Waals surface area contributed by atoms with E-state index in [1.807, 2.05) is 44.2 Å². The van der Waals surface area contributed by atoms with Crippen molar-refractivity contribution in [1.82, 2.24) is 10.3 Å². The van der Waals surface area contributed by atoms with Crippen molar-refractivity contribution >= 4 is 33.4 Å². The number of pyridine rings is 1. The van der Waals surface area contributed by atoms with Crippen LogP contribution in [0.2, 0.25) is 0 Å². The van der Waals surface area contributed by atoms with Gasteiger partial charge in [-0.25, -0.2) is 4.98 Å². The third-order valence-corrected chi connectivity index (χ3v) is 5.91. The number of aryl methyl sites for hydroxylation is 1. The lowest BCUT2D eigenvalue weighted by Gasteiger charge is -2.34. The second kappa shape index (κ2) is 7.95. The van der Waals surface area contributed by atoms with Crippen LogP contribution in [0.5, 0.6) is 0 Å². The van der Waals surface area contributed by atoms with Gasteiger partial charge in [-0.3, -0.25) is 9.59 Å². The molecular formula is C23H22BrN3O2. The maximum absolute atomic E-state index is 13.3. The molecule has 5 nitrogen and oxygen atoms in total. The molecule has 148 valence electrons. The number of carbonyl (C=O) groups excluding carboxylic acids is 2. The maximum Gasteiger partial charge on any atom is 0.255 e. The van der Waals surface area contributed by atoms with E-state index < -0.39 is 5.92 Å². The fourth-order valence-corrected chi connectivity index (χ4v) is 4.26. The lowest BCUT2D eigenvalue weighted by atomic mass is 9.75. The summed E-state index contributed by atoms with van der Waals surface area (Å²) in [6, 6.07) is 11.5. The SMILES string of the molecule is CC1=C(C(=O)Nc2ccc(C)cn2)C(c2ccc(Br)cc2)C2=C(CCCC2=O)N1. The third-order valence-electron chi connectivity index (χ3n) is 5.38. The molecule has 2 aliphatic rings. The number of halogens is 1. The third kappa shape index (κ3) is 3.90. The van der Waals surface area contributed by atoms with E-state index in [0.717, 1.165) is 39.8 Å². The van der Waals surface area contributed by atoms with Gasteiger partial charge in [0.25, 0.3) is 5.91 Å². The molecule has 0 radical (unpaired) electrons. The van der Waals surface area contributed by atoms with Crippen molar-refractivity contribution < 1.29 is 9.59 Å². The highest BCUT2D eigenvalue weighted by atomic mass is 79.9. The van der Waals surface area contributed by atoms with Crippen LogP contribution in [0, 0.1) is 6.92 Å². The van der Waals surface area contributed by atoms with Crippen molar-refractivity contribution in [2.45, 2.75) is 39.0 Å². The van der Waals surface area contributed by atoms with E-state index in [2.05, 4.69) is 31.5 Å². The molecule has 1 atom stereocenters. The Labute approximate surface area is 178 Å². The van der Waals surface area contributed by atoms with Crippen LogP contribution in [0.4, 0.5) is 5.82 Å². The van der Waals surface area contributed by atoms with Crippen LogP contribution >= 0.6 is 15.9 Å². The summed E-state index contributed by atoms with van der Waals surface area (Å²) in [5.41, 5.74) is 4.94. The number of amides is 1. The predicted molar refractivity (Wildman–Crippen MR) is 116 cm³/mol. The minimum atomic E-state index is -0.391. The maximum atomic E-state index is 13.3. The highest BCUT2D eigenvalue weighted by molar-refractivity contribution is 9.10. The molecule has 1 aliphatic carbocycles. The number of hydrogen-bond donors (Lipinski definition) is 2. The molecule has 0 saturated heterocycles. The zero-order valence-corrected chi connectivity index (χ0v) is 18.0. The minimum absolute atomic E-state index is 0.109. The second-order valence-electron chi connectivity index (χ2n) is 7.49. The van der Waals surface area contributed by atoms with Gasteiger partial charge in [-0.05, 0) is 56.0 Å². The average molecular weight is 452 g/mol. The molecule has 1 unspecified atom stereocenters. The van der Waals surface area contributed by atoms with Gasteiger partial charge in [-0.1, -0.05) is 34.1 Å². The highest BCUT2D eigenvalue weighted by Gasteiger charge is 2.38. The molecule has 2 heterocycles. The zero-order chi connectivity index (χ0) is 20.5. The number of aromatic nitrogens is 1. The summed E-state index contributed by atoms with van der Waals surface area (Å²) >= 11 is 3.47. The first-order valence-electron chi connectivity index (χ1n) is 9.67. The van der Waals surface area contributed by atoms with Crippen molar-refractivity contribution in [3.63, 3.8) is 0 Å². The number of allylic oxidation sites excluding steroid dienone is 3. The Kier molecular flexibility index (Phi) is 5.37. The van der Waals surface area contributed by atoms with Crippen LogP contribution in [-0.2, 0) is 9.59 Å². The normalized spacial score (nSPS) is 19.0. The van der Waals surface area contributed by atoms with Gasteiger partial charge in [0.05, 0.1) is 0 Å². The van der Waals surface area contributed by atoms with Crippen LogP contribution < -0.4 is 10.6 Å². The van der Waals surface area contributed by atoms with Crippen LogP contribution in [0.3, 0.4) is 0 Å². The van der Waals surface area contributed by atoms with Crippen LogP contribution in [0.15, 0.2) is 69.6 Å². The molecule has 0 bridgehead atoms. The van der Waals surface area contributed by atoms with E-state index in [9.17, 15) is 9.59 Å². The van der Waals surface area contributed by atoms with E-state index in [4.69, 9.17) is 0 Å². The predicted octanol–water partition coefficient (Wildman–Crippen LogP) is 4.76.